The van der Waals surface area contributed by atoms with Crippen LogP contribution in [0.4, 0.5) is 0 Å². The Labute approximate surface area is 476 Å². The zero-order chi connectivity index (χ0) is 54.1. The van der Waals surface area contributed by atoms with Gasteiger partial charge in [-0.05, 0) is 91.0 Å². The third-order valence-corrected chi connectivity index (χ3v) is 21.8. The minimum Gasteiger partial charge on any atom is -0.456 e. The van der Waals surface area contributed by atoms with Crippen LogP contribution < -0.4 is 20.7 Å². The van der Waals surface area contributed by atoms with Gasteiger partial charge in [0.05, 0.1) is 27.8 Å². The minimum absolute atomic E-state index is 0.887. The van der Waals surface area contributed by atoms with E-state index in [1.54, 1.807) is 0 Å². The normalized spacial score (nSPS) is 11.9. The molecule has 0 bridgehead atoms. The van der Waals surface area contributed by atoms with Gasteiger partial charge in [-0.1, -0.05) is 273 Å². The Morgan fingerprint density at radius 1 is 0.256 bits per heavy atom. The fourth-order valence-electron chi connectivity index (χ4n) is 13.6. The minimum atomic E-state index is -3.02. The van der Waals surface area contributed by atoms with E-state index < -0.39 is 8.07 Å². The van der Waals surface area contributed by atoms with Crippen molar-refractivity contribution in [2.75, 3.05) is 0 Å². The van der Waals surface area contributed by atoms with E-state index in [0.717, 1.165) is 83.2 Å². The van der Waals surface area contributed by atoms with Crippen molar-refractivity contribution in [1.82, 2.24) is 9.13 Å². The van der Waals surface area contributed by atoms with Crippen molar-refractivity contribution < 1.29 is 4.42 Å². The maximum absolute atomic E-state index is 6.46. The van der Waals surface area contributed by atoms with Crippen LogP contribution in [0.1, 0.15) is 0 Å². The van der Waals surface area contributed by atoms with Crippen LogP contribution in [-0.2, 0) is 0 Å². The first kappa shape index (κ1) is 47.5. The lowest BCUT2D eigenvalue weighted by Crippen LogP contribution is -2.74. The van der Waals surface area contributed by atoms with Crippen molar-refractivity contribution in [2.45, 2.75) is 0 Å². The summed E-state index contributed by atoms with van der Waals surface area (Å²) in [6.45, 7) is 0. The third kappa shape index (κ3) is 7.35. The highest BCUT2D eigenvalue weighted by Crippen LogP contribution is 2.46. The van der Waals surface area contributed by atoms with Gasteiger partial charge in [-0.25, -0.2) is 0 Å². The van der Waals surface area contributed by atoms with Crippen LogP contribution >= 0.6 is 0 Å². The maximum atomic E-state index is 6.46. The molecule has 3 heterocycles. The van der Waals surface area contributed by atoms with E-state index in [4.69, 9.17) is 4.42 Å². The van der Waals surface area contributed by atoms with Gasteiger partial charge in [0.15, 0.2) is 8.07 Å². The van der Waals surface area contributed by atoms with Crippen molar-refractivity contribution in [3.63, 3.8) is 0 Å². The molecule has 0 aliphatic carbocycles. The quantitative estimate of drug-likeness (QED) is 0.0989. The van der Waals surface area contributed by atoms with Crippen LogP contribution in [0.25, 0.3) is 121 Å². The largest absolute Gasteiger partial charge is 0.456 e. The fraction of sp³-hybridized carbons (Fsp3) is 0. The molecule has 0 radical (unpaired) electrons. The molecule has 13 aromatic carbocycles. The molecule has 4 heteroatoms. The van der Waals surface area contributed by atoms with Gasteiger partial charge in [0.25, 0.3) is 0 Å². The van der Waals surface area contributed by atoms with Crippen LogP contribution in [0.2, 0.25) is 0 Å². The number of para-hydroxylation sites is 4. The molecule has 0 unspecified atom stereocenters. The van der Waals surface area contributed by atoms with E-state index in [-0.39, 0.29) is 0 Å². The second-order valence-electron chi connectivity index (χ2n) is 21.4. The monoisotopic (exact) mass is 1060 g/mol. The summed E-state index contributed by atoms with van der Waals surface area (Å²) in [6, 6.07) is 117. The molecule has 16 rings (SSSR count). The van der Waals surface area contributed by atoms with E-state index in [1.165, 1.54) is 58.9 Å². The lowest BCUT2D eigenvalue weighted by molar-refractivity contribution is 0.669. The highest BCUT2D eigenvalue weighted by Gasteiger charge is 2.42. The topological polar surface area (TPSA) is 23.0 Å². The van der Waals surface area contributed by atoms with Gasteiger partial charge >= 0.3 is 0 Å². The molecular weight excluding hydrogens is 1010 g/mol. The molecule has 0 N–H and O–H groups in total. The molecule has 0 aliphatic rings. The summed E-state index contributed by atoms with van der Waals surface area (Å²) in [4.78, 5) is 0. The first-order valence-electron chi connectivity index (χ1n) is 28.2. The summed E-state index contributed by atoms with van der Waals surface area (Å²) < 4.78 is 11.5. The average Bonchev–Trinajstić information content (AvgIpc) is 2.39. The summed E-state index contributed by atoms with van der Waals surface area (Å²) in [6.07, 6.45) is 0. The molecule has 0 atom stereocenters. The van der Waals surface area contributed by atoms with Crippen molar-refractivity contribution in [2.24, 2.45) is 0 Å². The van der Waals surface area contributed by atoms with E-state index in [9.17, 15) is 0 Å². The van der Waals surface area contributed by atoms with Crippen molar-refractivity contribution in [3.8, 4) is 55.9 Å². The Kier molecular flexibility index (Phi) is 11.2. The van der Waals surface area contributed by atoms with Crippen molar-refractivity contribution in [3.05, 3.63) is 315 Å². The fourth-order valence-corrected chi connectivity index (χ4v) is 18.4. The zero-order valence-corrected chi connectivity index (χ0v) is 45.8. The average molecular weight is 1060 g/mol. The zero-order valence-electron chi connectivity index (χ0n) is 44.8. The number of fused-ring (bicyclic) bond motifs is 9. The molecule has 384 valence electrons. The molecule has 3 aromatic heterocycles. The molecule has 0 amide bonds. The summed E-state index contributed by atoms with van der Waals surface area (Å²) in [7, 11) is -3.02. The number of hydrogen-bond donors (Lipinski definition) is 0. The molecule has 0 spiro atoms. The smallest absolute Gasteiger partial charge is 0.179 e. The molecule has 0 saturated heterocycles. The number of nitrogens with zero attached hydrogens (tertiary/aromatic N) is 2. The SMILES string of the molecule is c1ccc(-c2cc([Si](c3ccccc3)(c3ccccc3)c3ccccc3)cc(-c3ccccc3)c2-n2c3ccccc3c3cc(-n4c5ccccc5c5cccc(-c6ccccc6-c6cccc7oc8ccccc8c67)c54)ccc32)cc1. The first-order chi connectivity index (χ1) is 40.7. The molecule has 0 aliphatic heterocycles. The molecule has 0 saturated carbocycles. The highest BCUT2D eigenvalue weighted by atomic mass is 28.3. The van der Waals surface area contributed by atoms with Crippen molar-refractivity contribution >= 4 is 94.4 Å². The number of hydrogen-bond acceptors (Lipinski definition) is 1. The summed E-state index contributed by atoms with van der Waals surface area (Å²) in [5, 5.41) is 12.4. The summed E-state index contributed by atoms with van der Waals surface area (Å²) >= 11 is 0. The third-order valence-electron chi connectivity index (χ3n) is 17.1. The van der Waals surface area contributed by atoms with E-state index in [0.29, 0.717) is 0 Å². The van der Waals surface area contributed by atoms with Gasteiger partial charge in [0, 0.05) is 54.7 Å². The Balaban J connectivity index is 0.976. The molecule has 0 fully saturated rings. The van der Waals surface area contributed by atoms with E-state index in [1.807, 2.05) is 6.07 Å². The molecule has 16 aromatic rings. The standard InChI is InChI=1S/C78H52N2OSi/c1-6-26-53(27-7-1)68-51-59(82(56-30-10-3-11-31-56,57-32-12-4-13-33-57)58-34-14-5-15-35-58)52-69(54-28-8-2-9-29-54)78(68)80-72-45-22-19-39-63(72)70-50-55(48-49-73(70)80)79-71-44-21-18-38-62(71)66-43-24-42-65(77(66)79)61-37-17-16-36-60(61)64-41-25-47-75-76(64)67-40-20-23-46-74(67)81-75/h1-52H. The second kappa shape index (κ2) is 19.4. The number of benzene rings is 13. The van der Waals surface area contributed by atoms with Gasteiger partial charge in [-0.2, -0.15) is 0 Å². The Hall–Kier alpha value is -10.5. The van der Waals surface area contributed by atoms with Crippen LogP contribution in [0.15, 0.2) is 320 Å². The molecular formula is C78H52N2OSi. The van der Waals surface area contributed by atoms with Crippen LogP contribution in [0.3, 0.4) is 0 Å². The van der Waals surface area contributed by atoms with E-state index in [2.05, 4.69) is 319 Å². The number of aromatic nitrogens is 2. The van der Waals surface area contributed by atoms with Gasteiger partial charge in [-0.15, -0.1) is 0 Å². The van der Waals surface area contributed by atoms with E-state index >= 15 is 0 Å². The lowest BCUT2D eigenvalue weighted by atomic mass is 9.91. The van der Waals surface area contributed by atoms with Crippen LogP contribution in [0.5, 0.6) is 0 Å². The maximum Gasteiger partial charge on any atom is 0.179 e. The Bertz CT molecular complexity index is 4920. The predicted molar refractivity (Wildman–Crippen MR) is 348 cm³/mol. The second-order valence-corrected chi connectivity index (χ2v) is 25.2. The lowest BCUT2D eigenvalue weighted by Gasteiger charge is -2.36. The van der Waals surface area contributed by atoms with Gasteiger partial charge in [0.1, 0.15) is 11.2 Å². The van der Waals surface area contributed by atoms with Crippen LogP contribution in [-0.4, -0.2) is 17.2 Å². The van der Waals surface area contributed by atoms with Gasteiger partial charge < -0.3 is 13.6 Å². The van der Waals surface area contributed by atoms with Crippen LogP contribution in [0, 0.1) is 0 Å². The molecule has 3 nitrogen and oxygen atoms in total. The van der Waals surface area contributed by atoms with Crippen molar-refractivity contribution in [1.29, 1.82) is 0 Å². The molecule has 82 heavy (non-hydrogen) atoms. The highest BCUT2D eigenvalue weighted by molar-refractivity contribution is 7.20. The number of furan rings is 1. The Morgan fingerprint density at radius 2 is 0.683 bits per heavy atom. The predicted octanol–water partition coefficient (Wildman–Crippen LogP) is 17.8. The summed E-state index contributed by atoms with van der Waals surface area (Å²) in [5.41, 5.74) is 17.9. The number of rotatable bonds is 10. The van der Waals surface area contributed by atoms with Gasteiger partial charge in [0.2, 0.25) is 0 Å². The summed E-state index contributed by atoms with van der Waals surface area (Å²) in [5.74, 6) is 0. The van der Waals surface area contributed by atoms with Gasteiger partial charge in [-0.3, -0.25) is 0 Å². The first-order valence-corrected chi connectivity index (χ1v) is 30.2. The Morgan fingerprint density at radius 3 is 1.29 bits per heavy atom.